The van der Waals surface area contributed by atoms with Crippen molar-refractivity contribution in [3.63, 3.8) is 0 Å². The molecule has 2 aromatic rings. The number of hydrogen-bond donors (Lipinski definition) is 1. The molecule has 6 heteroatoms. The molecule has 104 valence electrons. The zero-order chi connectivity index (χ0) is 13.9. The highest BCUT2D eigenvalue weighted by molar-refractivity contribution is 5.83. The predicted octanol–water partition coefficient (Wildman–Crippen LogP) is 0.915. The minimum absolute atomic E-state index is 0.00635. The number of rotatable bonds is 3. The van der Waals surface area contributed by atoms with Crippen molar-refractivity contribution in [1.82, 2.24) is 20.4 Å². The van der Waals surface area contributed by atoms with Crippen molar-refractivity contribution in [2.24, 2.45) is 0 Å². The lowest BCUT2D eigenvalue weighted by atomic mass is 10.1. The van der Waals surface area contributed by atoms with Crippen LogP contribution in [0.1, 0.15) is 23.1 Å². The highest BCUT2D eigenvalue weighted by Gasteiger charge is 2.32. The fourth-order valence-electron chi connectivity index (χ4n) is 2.49. The van der Waals surface area contributed by atoms with Crippen LogP contribution in [-0.4, -0.2) is 34.6 Å². The monoisotopic (exact) mass is 272 g/mol. The van der Waals surface area contributed by atoms with Gasteiger partial charge in [0.05, 0.1) is 18.5 Å². The lowest BCUT2D eigenvalue weighted by Crippen LogP contribution is -2.38. The molecule has 0 bridgehead atoms. The number of nitrogens with one attached hydrogen (secondary N) is 1. The maximum Gasteiger partial charge on any atom is 0.247 e. The van der Waals surface area contributed by atoms with Crippen molar-refractivity contribution in [2.45, 2.75) is 19.0 Å². The molecule has 1 unspecified atom stereocenters. The Morgan fingerprint density at radius 2 is 2.40 bits per heavy atom. The van der Waals surface area contributed by atoms with E-state index >= 15 is 0 Å². The molecule has 20 heavy (non-hydrogen) atoms. The summed E-state index contributed by atoms with van der Waals surface area (Å²) in [7, 11) is 1.76. The van der Waals surface area contributed by atoms with Gasteiger partial charge in [-0.1, -0.05) is 0 Å². The van der Waals surface area contributed by atoms with E-state index < -0.39 is 6.04 Å². The fraction of sp³-hybridized carbons (Fsp3) is 0.357. The van der Waals surface area contributed by atoms with Crippen molar-refractivity contribution in [3.8, 4) is 0 Å². The number of likely N-dealkylation sites (N-methyl/N-ethyl adjacent to an activating group) is 1. The minimum Gasteiger partial charge on any atom is -0.467 e. The van der Waals surface area contributed by atoms with Crippen molar-refractivity contribution < 1.29 is 9.21 Å². The molecule has 3 rings (SSSR count). The fourth-order valence-corrected chi connectivity index (χ4v) is 2.49. The summed E-state index contributed by atoms with van der Waals surface area (Å²) in [4.78, 5) is 14.4. The zero-order valence-corrected chi connectivity index (χ0v) is 11.2. The summed E-state index contributed by atoms with van der Waals surface area (Å²) >= 11 is 0. The van der Waals surface area contributed by atoms with E-state index in [-0.39, 0.29) is 5.91 Å². The average molecular weight is 272 g/mol. The number of amides is 1. The third kappa shape index (κ3) is 2.30. The summed E-state index contributed by atoms with van der Waals surface area (Å²) < 4.78 is 5.47. The second-order valence-corrected chi connectivity index (χ2v) is 4.76. The molecule has 0 radical (unpaired) electrons. The lowest BCUT2D eigenvalue weighted by Gasteiger charge is -2.23. The zero-order valence-electron chi connectivity index (χ0n) is 11.2. The van der Waals surface area contributed by atoms with Crippen molar-refractivity contribution in [1.29, 1.82) is 0 Å². The number of aromatic nitrogens is 2. The SMILES string of the molecule is CNC1C(=O)N(Cc2cccnn2)CCc2ccoc21. The molecule has 0 aromatic carbocycles. The molecule has 3 heterocycles. The quantitative estimate of drug-likeness (QED) is 0.899. The van der Waals surface area contributed by atoms with Gasteiger partial charge in [0.15, 0.2) is 0 Å². The van der Waals surface area contributed by atoms with Crippen molar-refractivity contribution in [3.05, 3.63) is 47.7 Å². The maximum absolute atomic E-state index is 12.6. The summed E-state index contributed by atoms with van der Waals surface area (Å²) in [5.41, 5.74) is 1.87. The molecule has 0 spiro atoms. The van der Waals surface area contributed by atoms with Crippen LogP contribution in [0.3, 0.4) is 0 Å². The van der Waals surface area contributed by atoms with Gasteiger partial charge in [-0.25, -0.2) is 0 Å². The number of hydrogen-bond acceptors (Lipinski definition) is 5. The Morgan fingerprint density at radius 3 is 3.15 bits per heavy atom. The first kappa shape index (κ1) is 12.8. The number of fused-ring (bicyclic) bond motifs is 1. The van der Waals surface area contributed by atoms with Gasteiger partial charge in [0.1, 0.15) is 11.8 Å². The van der Waals surface area contributed by atoms with E-state index in [0.29, 0.717) is 13.1 Å². The van der Waals surface area contributed by atoms with Gasteiger partial charge in [0, 0.05) is 12.7 Å². The number of carbonyl (C=O) groups is 1. The highest BCUT2D eigenvalue weighted by atomic mass is 16.3. The molecule has 2 aromatic heterocycles. The van der Waals surface area contributed by atoms with Gasteiger partial charge >= 0.3 is 0 Å². The molecule has 0 aliphatic carbocycles. The first-order chi connectivity index (χ1) is 9.79. The first-order valence-corrected chi connectivity index (χ1v) is 6.58. The molecule has 1 amide bonds. The maximum atomic E-state index is 12.6. The van der Waals surface area contributed by atoms with Crippen LogP contribution in [0.15, 0.2) is 35.1 Å². The molecule has 0 fully saturated rings. The topological polar surface area (TPSA) is 71.3 Å². The Balaban J connectivity index is 1.84. The normalized spacial score (nSPS) is 18.8. The van der Waals surface area contributed by atoms with Crippen LogP contribution in [-0.2, 0) is 17.8 Å². The molecular weight excluding hydrogens is 256 g/mol. The van der Waals surface area contributed by atoms with Crippen LogP contribution in [0.4, 0.5) is 0 Å². The van der Waals surface area contributed by atoms with Gasteiger partial charge in [0.2, 0.25) is 5.91 Å². The lowest BCUT2D eigenvalue weighted by molar-refractivity contribution is -0.134. The largest absolute Gasteiger partial charge is 0.467 e. The molecule has 1 aliphatic rings. The van der Waals surface area contributed by atoms with Gasteiger partial charge < -0.3 is 14.6 Å². The van der Waals surface area contributed by atoms with Crippen LogP contribution in [0.5, 0.6) is 0 Å². The Labute approximate surface area is 116 Å². The van der Waals surface area contributed by atoms with E-state index in [1.807, 2.05) is 18.2 Å². The van der Waals surface area contributed by atoms with Crippen LogP contribution in [0, 0.1) is 0 Å². The molecule has 6 nitrogen and oxygen atoms in total. The molecule has 0 saturated carbocycles. The summed E-state index contributed by atoms with van der Waals surface area (Å²) in [5, 5.41) is 10.9. The average Bonchev–Trinajstić information content (AvgIpc) is 2.89. The summed E-state index contributed by atoms with van der Waals surface area (Å²) in [6.07, 6.45) is 4.05. The van der Waals surface area contributed by atoms with Crippen LogP contribution >= 0.6 is 0 Å². The van der Waals surface area contributed by atoms with Crippen LogP contribution in [0.2, 0.25) is 0 Å². The number of furan rings is 1. The van der Waals surface area contributed by atoms with Gasteiger partial charge in [-0.2, -0.15) is 10.2 Å². The predicted molar refractivity (Wildman–Crippen MR) is 71.7 cm³/mol. The highest BCUT2D eigenvalue weighted by Crippen LogP contribution is 2.26. The summed E-state index contributed by atoms with van der Waals surface area (Å²) in [6.45, 7) is 1.12. The molecule has 1 aliphatic heterocycles. The molecule has 0 saturated heterocycles. The minimum atomic E-state index is -0.431. The third-order valence-corrected chi connectivity index (χ3v) is 3.52. The third-order valence-electron chi connectivity index (χ3n) is 3.52. The van der Waals surface area contributed by atoms with Crippen molar-refractivity contribution >= 4 is 5.91 Å². The summed E-state index contributed by atoms with van der Waals surface area (Å²) in [5.74, 6) is 0.728. The Kier molecular flexibility index (Phi) is 3.47. The van der Waals surface area contributed by atoms with Gasteiger partial charge in [0.25, 0.3) is 0 Å². The van der Waals surface area contributed by atoms with E-state index in [1.165, 1.54) is 0 Å². The number of carbonyl (C=O) groups excluding carboxylic acids is 1. The van der Waals surface area contributed by atoms with E-state index in [4.69, 9.17) is 4.42 Å². The standard InChI is InChI=1S/C14H16N4O2/c1-15-12-13-10(5-8-20-13)4-7-18(14(12)19)9-11-3-2-6-16-17-11/h2-3,5-6,8,12,15H,4,7,9H2,1H3. The Hall–Kier alpha value is -2.21. The first-order valence-electron chi connectivity index (χ1n) is 6.58. The Morgan fingerprint density at radius 1 is 1.50 bits per heavy atom. The second kappa shape index (κ2) is 5.42. The van der Waals surface area contributed by atoms with Gasteiger partial charge in [-0.3, -0.25) is 4.79 Å². The van der Waals surface area contributed by atoms with E-state index in [2.05, 4.69) is 15.5 Å². The van der Waals surface area contributed by atoms with E-state index in [9.17, 15) is 4.79 Å². The van der Waals surface area contributed by atoms with Gasteiger partial charge in [-0.05, 0) is 37.2 Å². The van der Waals surface area contributed by atoms with Crippen LogP contribution < -0.4 is 5.32 Å². The molecule has 1 N–H and O–H groups in total. The summed E-state index contributed by atoms with van der Waals surface area (Å²) in [6, 6.07) is 5.19. The molecule has 1 atom stereocenters. The smallest absolute Gasteiger partial charge is 0.247 e. The van der Waals surface area contributed by atoms with Crippen molar-refractivity contribution in [2.75, 3.05) is 13.6 Å². The van der Waals surface area contributed by atoms with Crippen LogP contribution in [0.25, 0.3) is 0 Å². The molecular formula is C14H16N4O2. The Bertz CT molecular complexity index is 596. The van der Waals surface area contributed by atoms with E-state index in [0.717, 1.165) is 23.4 Å². The van der Waals surface area contributed by atoms with Gasteiger partial charge in [-0.15, -0.1) is 0 Å². The second-order valence-electron chi connectivity index (χ2n) is 4.76. The number of nitrogens with zero attached hydrogens (tertiary/aromatic N) is 3. The van der Waals surface area contributed by atoms with E-state index in [1.54, 1.807) is 24.4 Å².